The van der Waals surface area contributed by atoms with Gasteiger partial charge in [-0.1, -0.05) is 20.4 Å². The fourth-order valence-corrected chi connectivity index (χ4v) is 6.60. The number of carboxylic acid groups (broad SMARTS) is 1. The zero-order valence-corrected chi connectivity index (χ0v) is 22.6. The SMILES string of the molecule is C=C(C(=O)O[C@H]1C[C@@H]2C(C(=O)OC)=CO[C@@H](O[C@@H]3O[C@H](CO)[C@@H](O)[C@H](O)[C@H]3O)[C@@H]2[C@H]1C)[C@@H]1CC[C@H](C)[C@H]1C(=O)O. The van der Waals surface area contributed by atoms with Crippen LogP contribution in [0.25, 0.3) is 0 Å². The molecule has 3 fully saturated rings. The summed E-state index contributed by atoms with van der Waals surface area (Å²) in [5.74, 6) is -5.33. The highest BCUT2D eigenvalue weighted by Crippen LogP contribution is 2.49. The largest absolute Gasteiger partial charge is 0.481 e. The number of carboxylic acids is 1. The van der Waals surface area contributed by atoms with E-state index in [0.29, 0.717) is 12.8 Å². The number of carbonyl (C=O) groups excluding carboxylic acids is 2. The van der Waals surface area contributed by atoms with E-state index in [0.717, 1.165) is 0 Å². The van der Waals surface area contributed by atoms with Gasteiger partial charge in [0.2, 0.25) is 6.29 Å². The molecule has 13 heteroatoms. The number of fused-ring (bicyclic) bond motifs is 1. The number of rotatable bonds is 8. The molecule has 13 atom stereocenters. The fourth-order valence-electron chi connectivity index (χ4n) is 6.60. The van der Waals surface area contributed by atoms with E-state index in [1.807, 2.05) is 6.92 Å². The molecule has 0 amide bonds. The van der Waals surface area contributed by atoms with Gasteiger partial charge >= 0.3 is 17.9 Å². The molecule has 2 aliphatic carbocycles. The Morgan fingerprint density at radius 3 is 2.40 bits per heavy atom. The van der Waals surface area contributed by atoms with Gasteiger partial charge in [0.1, 0.15) is 30.5 Å². The Hall–Kier alpha value is -2.55. The topological polar surface area (TPSA) is 199 Å². The molecule has 224 valence electrons. The molecule has 5 N–H and O–H groups in total. The number of aliphatic hydroxyl groups excluding tert-OH is 4. The molecule has 40 heavy (non-hydrogen) atoms. The Kier molecular flexibility index (Phi) is 9.22. The maximum Gasteiger partial charge on any atom is 0.337 e. The highest BCUT2D eigenvalue weighted by atomic mass is 16.8. The van der Waals surface area contributed by atoms with Gasteiger partial charge in [0.15, 0.2) is 6.29 Å². The molecule has 0 radical (unpaired) electrons. The number of aliphatic hydroxyl groups is 4. The number of aliphatic carboxylic acids is 1. The minimum atomic E-state index is -1.67. The zero-order valence-electron chi connectivity index (χ0n) is 22.6. The van der Waals surface area contributed by atoms with Crippen molar-refractivity contribution in [1.29, 1.82) is 0 Å². The molecule has 0 bridgehead atoms. The predicted octanol–water partition coefficient (Wildman–Crippen LogP) is -0.297. The van der Waals surface area contributed by atoms with Crippen LogP contribution in [-0.4, -0.2) is 100 Å². The number of carbonyl (C=O) groups is 3. The minimum Gasteiger partial charge on any atom is -0.481 e. The van der Waals surface area contributed by atoms with Crippen LogP contribution in [0.2, 0.25) is 0 Å². The molecule has 2 heterocycles. The van der Waals surface area contributed by atoms with E-state index in [2.05, 4.69) is 6.58 Å². The van der Waals surface area contributed by atoms with Gasteiger partial charge in [0, 0.05) is 29.2 Å². The van der Waals surface area contributed by atoms with E-state index < -0.39 is 97.2 Å². The molecule has 0 aromatic rings. The summed E-state index contributed by atoms with van der Waals surface area (Å²) in [7, 11) is 1.22. The lowest BCUT2D eigenvalue weighted by atomic mass is 9.83. The van der Waals surface area contributed by atoms with Crippen molar-refractivity contribution >= 4 is 17.9 Å². The molecular formula is C27H38O13. The second-order valence-electron chi connectivity index (χ2n) is 11.2. The first kappa shape index (κ1) is 30.4. The standard InChI is InChI=1S/C27H38O13/c1-10-5-6-13(18(10)23(32)33)11(2)24(34)38-16-7-14-15(25(35)36-4)9-37-26(19(14)12(16)3)40-27-22(31)21(30)20(29)17(8-28)39-27/h9-10,12-14,16-22,26-31H,2,5-8H2,1,3-4H3,(H,32,33)/t10-,12-,13-,14+,16-,17+,18+,19+,20+,21-,22+,26-,27-/m0/s1. The maximum atomic E-state index is 13.1. The summed E-state index contributed by atoms with van der Waals surface area (Å²) in [6.07, 6.45) is -6.90. The van der Waals surface area contributed by atoms with Gasteiger partial charge in [0.05, 0.1) is 31.5 Å². The van der Waals surface area contributed by atoms with Crippen molar-refractivity contribution < 1.29 is 63.6 Å². The van der Waals surface area contributed by atoms with Crippen LogP contribution in [0.1, 0.15) is 33.1 Å². The minimum absolute atomic E-state index is 0.0907. The van der Waals surface area contributed by atoms with E-state index in [1.54, 1.807) is 6.92 Å². The van der Waals surface area contributed by atoms with E-state index in [1.165, 1.54) is 13.4 Å². The summed E-state index contributed by atoms with van der Waals surface area (Å²) >= 11 is 0. The van der Waals surface area contributed by atoms with Gasteiger partial charge in [-0.25, -0.2) is 9.59 Å². The first-order valence-corrected chi connectivity index (χ1v) is 13.4. The van der Waals surface area contributed by atoms with Gasteiger partial charge in [0.25, 0.3) is 0 Å². The van der Waals surface area contributed by atoms with Crippen molar-refractivity contribution in [2.45, 2.75) is 76.2 Å². The van der Waals surface area contributed by atoms with E-state index in [-0.39, 0.29) is 23.5 Å². The van der Waals surface area contributed by atoms with Crippen LogP contribution in [0.4, 0.5) is 0 Å². The lowest BCUT2D eigenvalue weighted by molar-refractivity contribution is -0.342. The summed E-state index contributed by atoms with van der Waals surface area (Å²) in [6, 6.07) is 0. The molecule has 4 aliphatic rings. The number of esters is 2. The van der Waals surface area contributed by atoms with Crippen LogP contribution in [0.3, 0.4) is 0 Å². The second-order valence-corrected chi connectivity index (χ2v) is 11.2. The predicted molar refractivity (Wildman–Crippen MR) is 133 cm³/mol. The number of hydrogen-bond donors (Lipinski definition) is 5. The molecule has 0 spiro atoms. The van der Waals surface area contributed by atoms with Gasteiger partial charge in [-0.3, -0.25) is 4.79 Å². The molecule has 13 nitrogen and oxygen atoms in total. The molecule has 2 aliphatic heterocycles. The Morgan fingerprint density at radius 2 is 1.77 bits per heavy atom. The lowest BCUT2D eigenvalue weighted by Gasteiger charge is -2.43. The molecule has 0 unspecified atom stereocenters. The van der Waals surface area contributed by atoms with Crippen LogP contribution in [-0.2, 0) is 38.1 Å². The summed E-state index contributed by atoms with van der Waals surface area (Å²) in [5.41, 5.74) is 0.286. The van der Waals surface area contributed by atoms with E-state index in [9.17, 15) is 39.9 Å². The summed E-state index contributed by atoms with van der Waals surface area (Å²) in [4.78, 5) is 37.5. The zero-order chi connectivity index (χ0) is 29.5. The summed E-state index contributed by atoms with van der Waals surface area (Å²) in [6.45, 7) is 6.83. The van der Waals surface area contributed by atoms with Crippen molar-refractivity contribution in [1.82, 2.24) is 0 Å². The van der Waals surface area contributed by atoms with Crippen molar-refractivity contribution in [3.8, 4) is 0 Å². The lowest BCUT2D eigenvalue weighted by Crippen LogP contribution is -2.60. The van der Waals surface area contributed by atoms with Crippen molar-refractivity contribution in [2.75, 3.05) is 13.7 Å². The number of ether oxygens (including phenoxy) is 5. The van der Waals surface area contributed by atoms with Crippen LogP contribution < -0.4 is 0 Å². The highest BCUT2D eigenvalue weighted by molar-refractivity contribution is 5.90. The molecule has 0 aromatic heterocycles. The van der Waals surface area contributed by atoms with Crippen LogP contribution in [0.5, 0.6) is 0 Å². The first-order valence-electron chi connectivity index (χ1n) is 13.4. The average molecular weight is 571 g/mol. The van der Waals surface area contributed by atoms with Crippen LogP contribution in [0.15, 0.2) is 24.0 Å². The fraction of sp³-hybridized carbons (Fsp3) is 0.741. The molecule has 4 rings (SSSR count). The van der Waals surface area contributed by atoms with Crippen LogP contribution >= 0.6 is 0 Å². The molecular weight excluding hydrogens is 532 g/mol. The number of methoxy groups -OCH3 is 1. The van der Waals surface area contributed by atoms with Gasteiger partial charge < -0.3 is 49.2 Å². The van der Waals surface area contributed by atoms with Gasteiger partial charge in [-0.05, 0) is 25.2 Å². The van der Waals surface area contributed by atoms with Gasteiger partial charge in [-0.2, -0.15) is 0 Å². The normalized spacial score (nSPS) is 42.8. The highest BCUT2D eigenvalue weighted by Gasteiger charge is 2.55. The Balaban J connectivity index is 1.52. The maximum absolute atomic E-state index is 13.1. The third kappa shape index (κ3) is 5.50. The average Bonchev–Trinajstić information content (AvgIpc) is 3.48. The first-order chi connectivity index (χ1) is 18.9. The summed E-state index contributed by atoms with van der Waals surface area (Å²) < 4.78 is 27.8. The van der Waals surface area contributed by atoms with Crippen molar-refractivity contribution in [2.24, 2.45) is 35.5 Å². The van der Waals surface area contributed by atoms with Crippen molar-refractivity contribution in [3.63, 3.8) is 0 Å². The smallest absolute Gasteiger partial charge is 0.337 e. The van der Waals surface area contributed by atoms with E-state index in [4.69, 9.17) is 23.7 Å². The quantitative estimate of drug-likeness (QED) is 0.188. The Labute approximate surface area is 231 Å². The Bertz CT molecular complexity index is 1020. The van der Waals surface area contributed by atoms with Crippen molar-refractivity contribution in [3.05, 3.63) is 24.0 Å². The molecule has 2 saturated carbocycles. The second kappa shape index (κ2) is 12.1. The number of hydrogen-bond acceptors (Lipinski definition) is 12. The van der Waals surface area contributed by atoms with Gasteiger partial charge in [-0.15, -0.1) is 0 Å². The van der Waals surface area contributed by atoms with Crippen LogP contribution in [0, 0.1) is 35.5 Å². The third-order valence-electron chi connectivity index (χ3n) is 8.96. The third-order valence-corrected chi connectivity index (χ3v) is 8.96. The summed E-state index contributed by atoms with van der Waals surface area (Å²) in [5, 5.41) is 49.8. The molecule has 1 saturated heterocycles. The van der Waals surface area contributed by atoms with E-state index >= 15 is 0 Å². The Morgan fingerprint density at radius 1 is 1.07 bits per heavy atom. The molecule has 0 aromatic carbocycles. The monoisotopic (exact) mass is 570 g/mol.